The maximum absolute atomic E-state index is 8.60. The lowest BCUT2D eigenvalue weighted by atomic mass is 10.9. The van der Waals surface area contributed by atoms with E-state index < -0.39 is 10.2 Å². The molecule has 0 radical (unpaired) electrons. The first kappa shape index (κ1) is 17.2. The average Bonchev–Trinajstić information content (AvgIpc) is 1.62. The predicted molar refractivity (Wildman–Crippen MR) is 27.7 cm³/mol. The molecule has 0 heterocycles. The van der Waals surface area contributed by atoms with E-state index in [0.29, 0.717) is 0 Å². The van der Waals surface area contributed by atoms with Crippen molar-refractivity contribution in [2.45, 2.75) is 13.8 Å². The van der Waals surface area contributed by atoms with E-state index in [9.17, 15) is 0 Å². The van der Waals surface area contributed by atoms with Crippen LogP contribution in [0.3, 0.4) is 0 Å². The Hall–Kier alpha value is 0.0500. The smallest absolute Gasteiger partial charge is 0.0777 e. The Morgan fingerprint density at radius 3 is 1.00 bits per heavy atom. The number of aliphatic hydroxyl groups excluding tert-OH is 2. The molecule has 0 bridgehead atoms. The molecular weight excluding hydrogens is 179 g/mol. The lowest BCUT2D eigenvalue weighted by Gasteiger charge is -2.03. The number of aliphatic hydroxyl groups is 2. The highest BCUT2D eigenvalue weighted by Crippen LogP contribution is 1.60. The Labute approximate surface area is 67.1 Å². The molecule has 0 rings (SSSR count). The van der Waals surface area contributed by atoms with Gasteiger partial charge in [-0.2, -0.15) is 14.0 Å². The van der Waals surface area contributed by atoms with Gasteiger partial charge in [-0.1, -0.05) is 0 Å². The molecule has 0 spiro atoms. The highest BCUT2D eigenvalue weighted by Gasteiger charge is 1.98. The maximum Gasteiger partial charge on any atom is 0.0777 e. The van der Waals surface area contributed by atoms with Crippen LogP contribution in [0.4, 0.5) is 0 Å². The van der Waals surface area contributed by atoms with Crippen molar-refractivity contribution < 1.29 is 39.1 Å². The van der Waals surface area contributed by atoms with Crippen LogP contribution in [0, 0.1) is 10.2 Å². The third-order valence-electron chi connectivity index (χ3n) is 0. The van der Waals surface area contributed by atoms with Gasteiger partial charge in [0, 0.05) is 13.2 Å². The van der Waals surface area contributed by atoms with Crippen molar-refractivity contribution in [2.75, 3.05) is 13.2 Å². The Kier molecular flexibility index (Phi) is 19.9. The topological polar surface area (TPSA) is 130 Å². The van der Waals surface area contributed by atoms with E-state index in [1.54, 1.807) is 13.8 Å². The first-order valence-corrected chi connectivity index (χ1v) is 3.94. The van der Waals surface area contributed by atoms with Gasteiger partial charge in [0.2, 0.25) is 0 Å². The fourth-order valence-corrected chi connectivity index (χ4v) is 0. The molecule has 0 unspecified atom stereocenters. The zero-order valence-electron chi connectivity index (χ0n) is 6.36. The summed E-state index contributed by atoms with van der Waals surface area (Å²) in [5.41, 5.74) is 0. The molecule has 0 aromatic heterocycles. The highest BCUT2D eigenvalue weighted by atomic mass is 35.7. The van der Waals surface area contributed by atoms with Gasteiger partial charge in [-0.3, -0.25) is 0 Å². The summed E-state index contributed by atoms with van der Waals surface area (Å²) in [6, 6.07) is 0. The van der Waals surface area contributed by atoms with Gasteiger partial charge in [0.25, 0.3) is 0 Å². The van der Waals surface area contributed by atoms with Gasteiger partial charge in [-0.25, -0.2) is 0 Å². The number of hydrogen-bond donors (Lipinski definition) is 3. The molecule has 0 atom stereocenters. The average molecular weight is 193 g/mol. The lowest BCUT2D eigenvalue weighted by molar-refractivity contribution is -1.92. The van der Waals surface area contributed by atoms with E-state index in [1.165, 1.54) is 0 Å². The normalized spacial score (nSPS) is 8.73. The Morgan fingerprint density at radius 1 is 1.00 bits per heavy atom. The molecular formula is C4H13ClO6. The van der Waals surface area contributed by atoms with Crippen molar-refractivity contribution in [1.29, 1.82) is 0 Å². The van der Waals surface area contributed by atoms with Crippen LogP contribution in [0.1, 0.15) is 13.8 Å². The molecule has 0 saturated heterocycles. The first-order valence-electron chi connectivity index (χ1n) is 2.68. The largest absolute Gasteiger partial charge is 0.397 e. The van der Waals surface area contributed by atoms with Crippen LogP contribution in [-0.4, -0.2) is 28.1 Å². The second kappa shape index (κ2) is 12.7. The minimum atomic E-state index is -4.69. The summed E-state index contributed by atoms with van der Waals surface area (Å²) < 4.78 is 32.7. The van der Waals surface area contributed by atoms with Crippen molar-refractivity contribution in [3.63, 3.8) is 0 Å². The fourth-order valence-electron chi connectivity index (χ4n) is 0. The van der Waals surface area contributed by atoms with E-state index in [4.69, 9.17) is 28.8 Å². The highest BCUT2D eigenvalue weighted by molar-refractivity contribution is 3.84. The zero-order chi connectivity index (χ0) is 9.91. The summed E-state index contributed by atoms with van der Waals surface area (Å²) in [7, 11) is -4.69. The van der Waals surface area contributed by atoms with Crippen molar-refractivity contribution in [2.24, 2.45) is 0 Å². The van der Waals surface area contributed by atoms with Gasteiger partial charge in [-0.15, -0.1) is 0 Å². The Balaban J connectivity index is -0.0000000933. The van der Waals surface area contributed by atoms with Crippen LogP contribution < -0.4 is 14.0 Å². The van der Waals surface area contributed by atoms with E-state index in [1.807, 2.05) is 0 Å². The van der Waals surface area contributed by atoms with Crippen molar-refractivity contribution in [3.8, 4) is 0 Å². The molecule has 72 valence electrons. The minimum Gasteiger partial charge on any atom is -0.397 e. The number of halogens is 1. The summed E-state index contributed by atoms with van der Waals surface area (Å²) in [4.78, 5) is 0. The van der Waals surface area contributed by atoms with Crippen LogP contribution in [-0.2, 0) is 0 Å². The van der Waals surface area contributed by atoms with E-state index in [-0.39, 0.29) is 13.2 Å². The van der Waals surface area contributed by atoms with Crippen molar-refractivity contribution in [3.05, 3.63) is 0 Å². The van der Waals surface area contributed by atoms with Gasteiger partial charge < -0.3 is 10.2 Å². The van der Waals surface area contributed by atoms with Gasteiger partial charge in [0.1, 0.15) is 0 Å². The number of hydrogen-bond acceptors (Lipinski definition) is 6. The second-order valence-electron chi connectivity index (χ2n) is 1.03. The van der Waals surface area contributed by atoms with Gasteiger partial charge >= 0.3 is 0 Å². The molecule has 0 aliphatic carbocycles. The second-order valence-corrected chi connectivity index (χ2v) is 1.82. The zero-order valence-corrected chi connectivity index (χ0v) is 7.11. The van der Waals surface area contributed by atoms with Crippen LogP contribution in [0.2, 0.25) is 0 Å². The molecule has 3 N–H and O–H groups in total. The quantitative estimate of drug-likeness (QED) is 0.357. The van der Waals surface area contributed by atoms with E-state index in [2.05, 4.69) is 0 Å². The van der Waals surface area contributed by atoms with E-state index >= 15 is 0 Å². The molecule has 0 aromatic carbocycles. The van der Waals surface area contributed by atoms with Crippen LogP contribution in [0.25, 0.3) is 0 Å². The summed E-state index contributed by atoms with van der Waals surface area (Å²) in [5, 5.41) is 15.1. The maximum atomic E-state index is 8.60. The lowest BCUT2D eigenvalue weighted by Crippen LogP contribution is -2.58. The standard InChI is InChI=1S/2C2H6O.ClHO4/c2*1-2-3;2-1(3,4)5/h2*3H,2H2,1H3;(H,2,3,4,5). The minimum absolute atomic E-state index is 0.250. The summed E-state index contributed by atoms with van der Waals surface area (Å²) in [5.74, 6) is 0. The molecule has 7 heteroatoms. The fraction of sp³-hybridized carbons (Fsp3) is 1.00. The van der Waals surface area contributed by atoms with Gasteiger partial charge in [-0.05, 0) is 13.8 Å². The molecule has 11 heavy (non-hydrogen) atoms. The monoisotopic (exact) mass is 192 g/mol. The third-order valence-corrected chi connectivity index (χ3v) is 0. The summed E-state index contributed by atoms with van der Waals surface area (Å²) in [6.45, 7) is 3.86. The van der Waals surface area contributed by atoms with Crippen LogP contribution >= 0.6 is 0 Å². The molecule has 0 aliphatic heterocycles. The van der Waals surface area contributed by atoms with Gasteiger partial charge in [0.15, 0.2) is 0 Å². The van der Waals surface area contributed by atoms with E-state index in [0.717, 1.165) is 0 Å². The molecule has 0 amide bonds. The SMILES string of the molecule is CCO.CCO.[O-][Cl+3]([O-])([O-])O. The number of rotatable bonds is 0. The third kappa shape index (κ3) is 261000. The summed E-state index contributed by atoms with van der Waals surface area (Å²) >= 11 is 0. The molecule has 0 aromatic rings. The van der Waals surface area contributed by atoms with Gasteiger partial charge in [0.05, 0.1) is 14.9 Å². The van der Waals surface area contributed by atoms with Crippen molar-refractivity contribution >= 4 is 0 Å². The van der Waals surface area contributed by atoms with Crippen LogP contribution in [0.5, 0.6) is 0 Å². The molecule has 6 nitrogen and oxygen atoms in total. The Morgan fingerprint density at radius 2 is 1.00 bits per heavy atom. The Bertz CT molecular complexity index is 45.0. The molecule has 0 fully saturated rings. The summed E-state index contributed by atoms with van der Waals surface area (Å²) in [6.07, 6.45) is 0. The predicted octanol–water partition coefficient (Wildman–Crippen LogP) is -4.13. The first-order chi connectivity index (χ1) is 4.83. The molecule has 0 saturated carbocycles. The van der Waals surface area contributed by atoms with Crippen molar-refractivity contribution in [1.82, 2.24) is 0 Å². The molecule has 0 aliphatic rings. The van der Waals surface area contributed by atoms with Crippen LogP contribution in [0.15, 0.2) is 0 Å².